The van der Waals surface area contributed by atoms with Crippen LogP contribution in [0.4, 0.5) is 0 Å². The van der Waals surface area contributed by atoms with Gasteiger partial charge < -0.3 is 11.1 Å². The van der Waals surface area contributed by atoms with E-state index in [4.69, 9.17) is 27.6 Å². The number of hydrogen-bond acceptors (Lipinski definition) is 4. The van der Waals surface area contributed by atoms with Crippen LogP contribution in [0.1, 0.15) is 25.3 Å². The van der Waals surface area contributed by atoms with Crippen LogP contribution in [0.2, 0.25) is 0 Å². The highest BCUT2D eigenvalue weighted by Crippen LogP contribution is 2.24. The number of aliphatic imine (C=N–C) groups is 1. The van der Waals surface area contributed by atoms with Gasteiger partial charge in [-0.1, -0.05) is 35.9 Å². The van der Waals surface area contributed by atoms with Gasteiger partial charge in [-0.3, -0.25) is 4.98 Å². The molecule has 6 heteroatoms. The van der Waals surface area contributed by atoms with Crippen LogP contribution >= 0.6 is 11.6 Å². The molecule has 1 unspecified atom stereocenters. The molecule has 5 nitrogen and oxygen atoms in total. The Morgan fingerprint density at radius 3 is 2.93 bits per heavy atom. The van der Waals surface area contributed by atoms with Crippen molar-refractivity contribution in [2.45, 2.75) is 32.2 Å². The zero-order valence-corrected chi connectivity index (χ0v) is 17.6. The van der Waals surface area contributed by atoms with Crippen molar-refractivity contribution < 1.29 is 0 Å². The quantitative estimate of drug-likeness (QED) is 0.523. The van der Waals surface area contributed by atoms with Crippen molar-refractivity contribution in [3.8, 4) is 6.07 Å². The van der Waals surface area contributed by atoms with Crippen molar-refractivity contribution in [1.29, 1.82) is 5.26 Å². The summed E-state index contributed by atoms with van der Waals surface area (Å²) in [7, 11) is 0. The van der Waals surface area contributed by atoms with Crippen LogP contribution in [0.15, 0.2) is 99.6 Å². The minimum absolute atomic E-state index is 0.00190. The van der Waals surface area contributed by atoms with E-state index in [1.165, 1.54) is 0 Å². The standard InChI is InChI=1S/C24H24ClN5/c1-17(29-21-6-2-4-18(15-26)7-10-21)22-11-8-20(25)9-12-23(22)30-24(27)14-19-5-3-13-28-16-19/h3-10,12-13,16-17,29H,2,11,14H2,1H3,(H2,27,30). The molecule has 0 radical (unpaired) electrons. The van der Waals surface area contributed by atoms with E-state index in [-0.39, 0.29) is 6.04 Å². The number of nitrogens with one attached hydrogen (secondary N) is 1. The largest absolute Gasteiger partial charge is 0.387 e. The molecule has 0 amide bonds. The smallest absolute Gasteiger partial charge is 0.104 e. The summed E-state index contributed by atoms with van der Waals surface area (Å²) in [6.45, 7) is 2.08. The molecule has 2 aliphatic carbocycles. The molecule has 1 aromatic heterocycles. The Hall–Kier alpha value is -3.36. The molecule has 0 saturated heterocycles. The minimum Gasteiger partial charge on any atom is -0.387 e. The second-order valence-electron chi connectivity index (χ2n) is 7.04. The third-order valence-electron chi connectivity index (χ3n) is 4.77. The molecular formula is C24H24ClN5. The van der Waals surface area contributed by atoms with Gasteiger partial charge in [-0.2, -0.15) is 5.26 Å². The van der Waals surface area contributed by atoms with Crippen molar-refractivity contribution in [3.05, 3.63) is 100 Å². The number of allylic oxidation sites excluding steroid dienone is 9. The van der Waals surface area contributed by atoms with E-state index in [1.807, 2.05) is 48.6 Å². The number of nitrogens with zero attached hydrogens (tertiary/aromatic N) is 3. The summed E-state index contributed by atoms with van der Waals surface area (Å²) in [6, 6.07) is 6.04. The Labute approximate surface area is 182 Å². The molecule has 1 aromatic rings. The van der Waals surface area contributed by atoms with Crippen LogP contribution in [0.5, 0.6) is 0 Å². The van der Waals surface area contributed by atoms with Crippen molar-refractivity contribution in [2.24, 2.45) is 10.7 Å². The van der Waals surface area contributed by atoms with E-state index < -0.39 is 0 Å². The summed E-state index contributed by atoms with van der Waals surface area (Å²) >= 11 is 6.25. The van der Waals surface area contributed by atoms with Gasteiger partial charge in [-0.15, -0.1) is 0 Å². The molecule has 1 heterocycles. The van der Waals surface area contributed by atoms with Gasteiger partial charge in [0.25, 0.3) is 0 Å². The van der Waals surface area contributed by atoms with Crippen molar-refractivity contribution in [1.82, 2.24) is 10.3 Å². The summed E-state index contributed by atoms with van der Waals surface area (Å²) in [6.07, 6.45) is 18.8. The number of nitrogens with two attached hydrogens (primary N) is 1. The predicted octanol–water partition coefficient (Wildman–Crippen LogP) is 4.59. The zero-order valence-electron chi connectivity index (χ0n) is 16.8. The Balaban J connectivity index is 1.83. The predicted molar refractivity (Wildman–Crippen MR) is 122 cm³/mol. The molecule has 0 saturated carbocycles. The molecule has 0 aromatic carbocycles. The molecule has 0 spiro atoms. The van der Waals surface area contributed by atoms with Crippen LogP contribution in [0.25, 0.3) is 0 Å². The van der Waals surface area contributed by atoms with Crippen LogP contribution in [0.3, 0.4) is 0 Å². The number of halogens is 1. The topological polar surface area (TPSA) is 87.1 Å². The maximum absolute atomic E-state index is 9.09. The van der Waals surface area contributed by atoms with E-state index in [2.05, 4.69) is 29.4 Å². The van der Waals surface area contributed by atoms with E-state index >= 15 is 0 Å². The number of hydrogen-bond donors (Lipinski definition) is 2. The lowest BCUT2D eigenvalue weighted by molar-refractivity contribution is 0.684. The normalized spacial score (nSPS) is 17.9. The summed E-state index contributed by atoms with van der Waals surface area (Å²) < 4.78 is 0. The fourth-order valence-corrected chi connectivity index (χ4v) is 3.36. The summed E-state index contributed by atoms with van der Waals surface area (Å²) in [5.74, 6) is 0.516. The molecule has 152 valence electrons. The second-order valence-corrected chi connectivity index (χ2v) is 7.48. The van der Waals surface area contributed by atoms with Crippen LogP contribution in [-0.2, 0) is 6.42 Å². The van der Waals surface area contributed by atoms with E-state index in [0.29, 0.717) is 35.7 Å². The monoisotopic (exact) mass is 417 g/mol. The van der Waals surface area contributed by atoms with Gasteiger partial charge in [-0.05, 0) is 61.3 Å². The third-order valence-corrected chi connectivity index (χ3v) is 5.05. The first kappa shape index (κ1) is 21.4. The number of amidine groups is 1. The highest BCUT2D eigenvalue weighted by molar-refractivity contribution is 6.31. The average molecular weight is 418 g/mol. The number of pyridine rings is 1. The maximum Gasteiger partial charge on any atom is 0.104 e. The molecule has 2 aliphatic rings. The lowest BCUT2D eigenvalue weighted by Gasteiger charge is -2.20. The highest BCUT2D eigenvalue weighted by atomic mass is 35.5. The van der Waals surface area contributed by atoms with Gasteiger partial charge in [0, 0.05) is 41.2 Å². The Bertz CT molecular complexity index is 1030. The van der Waals surface area contributed by atoms with Gasteiger partial charge in [0.15, 0.2) is 0 Å². The Morgan fingerprint density at radius 1 is 1.30 bits per heavy atom. The molecule has 0 bridgehead atoms. The van der Waals surface area contributed by atoms with E-state index in [1.54, 1.807) is 12.4 Å². The molecule has 3 rings (SSSR count). The summed E-state index contributed by atoms with van der Waals surface area (Å²) in [5, 5.41) is 13.3. The van der Waals surface area contributed by atoms with Crippen LogP contribution in [-0.4, -0.2) is 16.9 Å². The Kier molecular flexibility index (Phi) is 7.42. The molecule has 30 heavy (non-hydrogen) atoms. The van der Waals surface area contributed by atoms with E-state index in [0.717, 1.165) is 22.5 Å². The third kappa shape index (κ3) is 6.07. The number of rotatable bonds is 6. The summed E-state index contributed by atoms with van der Waals surface area (Å²) in [4.78, 5) is 8.83. The molecule has 0 fully saturated rings. The van der Waals surface area contributed by atoms with Crippen molar-refractivity contribution in [3.63, 3.8) is 0 Å². The fourth-order valence-electron chi connectivity index (χ4n) is 3.21. The fraction of sp³-hybridized carbons (Fsp3) is 0.208. The van der Waals surface area contributed by atoms with Gasteiger partial charge in [0.1, 0.15) is 5.84 Å². The maximum atomic E-state index is 9.09. The first-order chi connectivity index (χ1) is 14.5. The van der Waals surface area contributed by atoms with Crippen molar-refractivity contribution in [2.75, 3.05) is 0 Å². The lowest BCUT2D eigenvalue weighted by atomic mass is 10.0. The molecule has 0 aliphatic heterocycles. The minimum atomic E-state index is -0.00190. The molecule has 1 atom stereocenters. The summed E-state index contributed by atoms with van der Waals surface area (Å²) in [5.41, 5.74) is 10.8. The van der Waals surface area contributed by atoms with Gasteiger partial charge in [0.2, 0.25) is 0 Å². The number of nitriles is 1. The SMILES string of the molecule is CC(NC1=CCC=C(C#N)C=C1)C1=C(N=C(N)Cc2cccnc2)C=CC(Cl)=CC1. The van der Waals surface area contributed by atoms with Crippen molar-refractivity contribution >= 4 is 17.4 Å². The van der Waals surface area contributed by atoms with Crippen LogP contribution < -0.4 is 11.1 Å². The molecular weight excluding hydrogens is 394 g/mol. The molecule has 3 N–H and O–H groups in total. The first-order valence-electron chi connectivity index (χ1n) is 9.79. The van der Waals surface area contributed by atoms with Gasteiger partial charge in [-0.25, -0.2) is 4.99 Å². The lowest BCUT2D eigenvalue weighted by Crippen LogP contribution is -2.27. The second kappa shape index (κ2) is 10.4. The average Bonchev–Trinajstić information content (AvgIpc) is 3.07. The number of aromatic nitrogens is 1. The van der Waals surface area contributed by atoms with E-state index in [9.17, 15) is 0 Å². The highest BCUT2D eigenvalue weighted by Gasteiger charge is 2.15. The van der Waals surface area contributed by atoms with Crippen LogP contribution in [0, 0.1) is 11.3 Å². The van der Waals surface area contributed by atoms with Gasteiger partial charge in [0.05, 0.1) is 11.8 Å². The zero-order chi connectivity index (χ0) is 21.3. The van der Waals surface area contributed by atoms with Gasteiger partial charge >= 0.3 is 0 Å². The Morgan fingerprint density at radius 2 is 2.17 bits per heavy atom. The first-order valence-corrected chi connectivity index (χ1v) is 10.2.